The molecule has 0 fully saturated rings. The van der Waals surface area contributed by atoms with E-state index in [0.29, 0.717) is 0 Å². The third kappa shape index (κ3) is 10.8. The third-order valence-corrected chi connectivity index (χ3v) is 0.214. The molecule has 7 heavy (non-hydrogen) atoms. The minimum absolute atomic E-state index is 0. The molecule has 4 heteroatoms. The molecular formula is C3H3KNO2. The Hall–Kier alpha value is 0.596. The Bertz CT molecular complexity index is 95.6. The van der Waals surface area contributed by atoms with Crippen LogP contribution in [0.5, 0.6) is 0 Å². The van der Waals surface area contributed by atoms with Crippen molar-refractivity contribution >= 4 is 57.4 Å². The van der Waals surface area contributed by atoms with E-state index < -0.39 is 12.5 Å². The minimum atomic E-state index is -1.06. The fourth-order valence-corrected chi connectivity index (χ4v) is 0.0676. The number of rotatable bonds is 1. The Morgan fingerprint density at radius 3 is 2.29 bits per heavy atom. The van der Waals surface area contributed by atoms with Gasteiger partial charge in [0.25, 0.3) is 0 Å². The molecule has 33 valence electrons. The molecule has 0 rings (SSSR count). The van der Waals surface area contributed by atoms with Crippen molar-refractivity contribution in [2.75, 3.05) is 6.54 Å². The van der Waals surface area contributed by atoms with E-state index in [9.17, 15) is 4.79 Å². The van der Waals surface area contributed by atoms with Crippen molar-refractivity contribution in [3.8, 4) is 0 Å². The van der Waals surface area contributed by atoms with Crippen LogP contribution in [-0.2, 0) is 4.79 Å². The van der Waals surface area contributed by atoms with Crippen LogP contribution in [0.25, 0.3) is 4.85 Å². The third-order valence-electron chi connectivity index (χ3n) is 0.214. The number of nitrogens with zero attached hydrogens (tertiary/aromatic N) is 1. The fourth-order valence-electron chi connectivity index (χ4n) is 0.0676. The van der Waals surface area contributed by atoms with Gasteiger partial charge in [-0.1, -0.05) is 0 Å². The van der Waals surface area contributed by atoms with Crippen LogP contribution in [0.2, 0.25) is 0 Å². The number of carbonyl (C=O) groups is 1. The van der Waals surface area contributed by atoms with Crippen molar-refractivity contribution < 1.29 is 9.90 Å². The second-order valence-corrected chi connectivity index (χ2v) is 0.710. The molecule has 0 aliphatic rings. The van der Waals surface area contributed by atoms with Gasteiger partial charge in [-0.05, 0) is 0 Å². The zero-order valence-corrected chi connectivity index (χ0v) is 7.13. The number of aliphatic carboxylic acids is 1. The first kappa shape index (κ1) is 10.6. The average Bonchev–Trinajstić information content (AvgIpc) is 1.35. The summed E-state index contributed by atoms with van der Waals surface area (Å²) in [5.41, 5.74) is 0. The van der Waals surface area contributed by atoms with Crippen LogP contribution in [0, 0.1) is 6.57 Å². The van der Waals surface area contributed by atoms with E-state index in [2.05, 4.69) is 4.85 Å². The molecular weight excluding hydrogens is 121 g/mol. The summed E-state index contributed by atoms with van der Waals surface area (Å²) in [6.45, 7) is 5.56. The van der Waals surface area contributed by atoms with E-state index >= 15 is 0 Å². The standard InChI is InChI=1S/C3H3NO2.K/c1-4-2-3(5)6;/h2H2,(H,5,6);. The van der Waals surface area contributed by atoms with E-state index in [1.54, 1.807) is 0 Å². The summed E-state index contributed by atoms with van der Waals surface area (Å²) >= 11 is 0. The molecule has 0 atom stereocenters. The Morgan fingerprint density at radius 1 is 1.86 bits per heavy atom. The van der Waals surface area contributed by atoms with Gasteiger partial charge >= 0.3 is 12.5 Å². The van der Waals surface area contributed by atoms with E-state index in [-0.39, 0.29) is 51.4 Å². The molecule has 0 aromatic carbocycles. The van der Waals surface area contributed by atoms with Crippen LogP contribution in [0.3, 0.4) is 0 Å². The predicted molar refractivity (Wildman–Crippen MR) is 24.9 cm³/mol. The molecule has 0 aromatic rings. The van der Waals surface area contributed by atoms with Crippen molar-refractivity contribution in [2.45, 2.75) is 0 Å². The molecule has 0 aliphatic heterocycles. The van der Waals surface area contributed by atoms with Gasteiger partial charge in [-0.3, -0.25) is 0 Å². The van der Waals surface area contributed by atoms with Gasteiger partial charge < -0.3 is 9.95 Å². The summed E-state index contributed by atoms with van der Waals surface area (Å²) in [4.78, 5) is 12.0. The van der Waals surface area contributed by atoms with Crippen LogP contribution in [0.1, 0.15) is 0 Å². The monoisotopic (exact) mass is 124 g/mol. The van der Waals surface area contributed by atoms with Crippen LogP contribution in [0.15, 0.2) is 0 Å². The molecule has 0 amide bonds. The summed E-state index contributed by atoms with van der Waals surface area (Å²) < 4.78 is 0. The van der Waals surface area contributed by atoms with Crippen LogP contribution in [-0.4, -0.2) is 69.0 Å². The molecule has 3 nitrogen and oxygen atoms in total. The summed E-state index contributed by atoms with van der Waals surface area (Å²) in [5.74, 6) is -1.06. The molecule has 0 spiro atoms. The first-order valence-electron chi connectivity index (χ1n) is 1.32. The van der Waals surface area contributed by atoms with E-state index in [0.717, 1.165) is 0 Å². The second kappa shape index (κ2) is 6.60. The minimum Gasteiger partial charge on any atom is -0.476 e. The zero-order valence-electron chi connectivity index (χ0n) is 4.01. The molecule has 1 radical (unpaired) electrons. The van der Waals surface area contributed by atoms with E-state index in [4.69, 9.17) is 11.7 Å². The smallest absolute Gasteiger partial charge is 0.384 e. The van der Waals surface area contributed by atoms with Crippen LogP contribution >= 0.6 is 0 Å². The molecule has 0 heterocycles. The number of hydrogen-bond acceptors (Lipinski definition) is 1. The van der Waals surface area contributed by atoms with Gasteiger partial charge in [0.2, 0.25) is 0 Å². The fraction of sp³-hybridized carbons (Fsp3) is 0.333. The maximum absolute atomic E-state index is 9.39. The summed E-state index contributed by atoms with van der Waals surface area (Å²) in [6, 6.07) is 0. The van der Waals surface area contributed by atoms with Gasteiger partial charge in [-0.15, -0.1) is 0 Å². The molecule has 0 saturated carbocycles. The van der Waals surface area contributed by atoms with Gasteiger partial charge in [-0.2, -0.15) is 0 Å². The Kier molecular flexibility index (Phi) is 9.95. The van der Waals surface area contributed by atoms with Gasteiger partial charge in [0.15, 0.2) is 0 Å². The van der Waals surface area contributed by atoms with Gasteiger partial charge in [0.05, 0.1) is 0 Å². The summed E-state index contributed by atoms with van der Waals surface area (Å²) in [6.07, 6.45) is 0. The van der Waals surface area contributed by atoms with Crippen LogP contribution < -0.4 is 0 Å². The van der Waals surface area contributed by atoms with Crippen LogP contribution in [0.4, 0.5) is 0 Å². The second-order valence-electron chi connectivity index (χ2n) is 0.710. The SMILES string of the molecule is [C-]#[N+]CC(=O)O.[K]. The normalized spacial score (nSPS) is 5.57. The summed E-state index contributed by atoms with van der Waals surface area (Å²) in [7, 11) is 0. The van der Waals surface area contributed by atoms with Gasteiger partial charge in [0, 0.05) is 51.4 Å². The Labute approximate surface area is 84.0 Å². The van der Waals surface area contributed by atoms with E-state index in [1.165, 1.54) is 0 Å². The maximum Gasteiger partial charge on any atom is 0.384 e. The van der Waals surface area contributed by atoms with Crippen molar-refractivity contribution in [1.82, 2.24) is 0 Å². The maximum atomic E-state index is 9.39. The largest absolute Gasteiger partial charge is 0.476 e. The first-order chi connectivity index (χ1) is 2.77. The quantitative estimate of drug-likeness (QED) is 0.382. The number of carboxylic acids is 1. The van der Waals surface area contributed by atoms with Crippen molar-refractivity contribution in [3.05, 3.63) is 11.4 Å². The Balaban J connectivity index is 0. The Morgan fingerprint density at radius 2 is 2.29 bits per heavy atom. The van der Waals surface area contributed by atoms with Crippen molar-refractivity contribution in [2.24, 2.45) is 0 Å². The molecule has 0 bridgehead atoms. The first-order valence-corrected chi connectivity index (χ1v) is 1.32. The molecule has 0 aliphatic carbocycles. The molecule has 0 saturated heterocycles. The predicted octanol–water partition coefficient (Wildman–Crippen LogP) is -0.391. The van der Waals surface area contributed by atoms with Crippen molar-refractivity contribution in [1.29, 1.82) is 0 Å². The molecule has 1 N–H and O–H groups in total. The molecule has 0 unspecified atom stereocenters. The molecule has 0 aromatic heterocycles. The zero-order chi connectivity index (χ0) is 4.99. The van der Waals surface area contributed by atoms with Gasteiger partial charge in [-0.25, -0.2) is 11.4 Å². The average molecular weight is 124 g/mol. The topological polar surface area (TPSA) is 41.7 Å². The van der Waals surface area contributed by atoms with E-state index in [1.807, 2.05) is 0 Å². The number of hydrogen-bond donors (Lipinski definition) is 1. The van der Waals surface area contributed by atoms with Gasteiger partial charge in [0.1, 0.15) is 0 Å². The van der Waals surface area contributed by atoms with Crippen molar-refractivity contribution in [3.63, 3.8) is 0 Å². The summed E-state index contributed by atoms with van der Waals surface area (Å²) in [5, 5.41) is 7.70. The number of carboxylic acid groups (broad SMARTS) is 1.